The average molecular weight is 321 g/mol. The first-order chi connectivity index (χ1) is 11.4. The number of nitrogens with zero attached hydrogens (tertiary/aromatic N) is 3. The molecule has 0 aliphatic carbocycles. The van der Waals surface area contributed by atoms with Gasteiger partial charge in [0.25, 0.3) is 0 Å². The van der Waals surface area contributed by atoms with E-state index in [1.54, 1.807) is 12.1 Å². The van der Waals surface area contributed by atoms with Gasteiger partial charge in [-0.3, -0.25) is 9.59 Å². The number of hydrogen-bond acceptors (Lipinski definition) is 5. The fourth-order valence-corrected chi connectivity index (χ4v) is 4.64. The molecule has 3 aliphatic heterocycles. The molecule has 6 nitrogen and oxygen atoms in total. The van der Waals surface area contributed by atoms with Crippen molar-refractivity contribution in [2.75, 3.05) is 4.90 Å². The maximum Gasteiger partial charge on any atom is 0.240 e. The molecule has 0 radical (unpaired) electrons. The number of hydrogen-bond donors (Lipinski definition) is 0. The Labute approximate surface area is 139 Å². The maximum atomic E-state index is 13.0. The van der Waals surface area contributed by atoms with E-state index in [2.05, 4.69) is 0 Å². The van der Waals surface area contributed by atoms with Crippen LogP contribution in [0.4, 0.5) is 5.69 Å². The molecule has 4 unspecified atom stereocenters. The summed E-state index contributed by atoms with van der Waals surface area (Å²) in [5, 5.41) is 18.6. The summed E-state index contributed by atoms with van der Waals surface area (Å²) < 4.78 is 6.06. The normalized spacial score (nSPS) is 36.6. The van der Waals surface area contributed by atoms with Gasteiger partial charge in [0.15, 0.2) is 0 Å². The standard InChI is InChI=1S/C18H15N3O3/c1-17-6-7-18(2,24-17)14-13(17)15(22)21(16(14)23)12-5-3-4-10(8-19)11(12)9-20/h3-5,13-14H,6-7H2,1-2H3. The summed E-state index contributed by atoms with van der Waals surface area (Å²) in [5.41, 5.74) is -0.858. The van der Waals surface area contributed by atoms with Gasteiger partial charge in [0.2, 0.25) is 11.8 Å². The van der Waals surface area contributed by atoms with E-state index < -0.39 is 23.0 Å². The highest BCUT2D eigenvalue weighted by molar-refractivity contribution is 6.23. The zero-order valence-corrected chi connectivity index (χ0v) is 13.4. The van der Waals surface area contributed by atoms with Crippen molar-refractivity contribution in [2.24, 2.45) is 11.8 Å². The van der Waals surface area contributed by atoms with Crippen LogP contribution in [0.15, 0.2) is 18.2 Å². The molecule has 0 aromatic heterocycles. The monoisotopic (exact) mass is 321 g/mol. The Bertz CT molecular complexity index is 846. The van der Waals surface area contributed by atoms with E-state index >= 15 is 0 Å². The van der Waals surface area contributed by atoms with Crippen LogP contribution < -0.4 is 4.90 Å². The summed E-state index contributed by atoms with van der Waals surface area (Å²) in [7, 11) is 0. The van der Waals surface area contributed by atoms with Gasteiger partial charge in [-0.15, -0.1) is 0 Å². The summed E-state index contributed by atoms with van der Waals surface area (Å²) in [5.74, 6) is -1.72. The number of imide groups is 1. The molecule has 6 heteroatoms. The minimum Gasteiger partial charge on any atom is -0.367 e. The molecule has 1 aromatic rings. The first-order valence-electron chi connectivity index (χ1n) is 7.87. The lowest BCUT2D eigenvalue weighted by Gasteiger charge is -2.27. The largest absolute Gasteiger partial charge is 0.367 e. The van der Waals surface area contributed by atoms with E-state index in [-0.39, 0.29) is 28.6 Å². The average Bonchev–Trinajstić information content (AvgIpc) is 3.10. The number of nitriles is 2. The molecule has 3 saturated heterocycles. The fraction of sp³-hybridized carbons (Fsp3) is 0.444. The van der Waals surface area contributed by atoms with Gasteiger partial charge in [-0.25, -0.2) is 4.90 Å². The lowest BCUT2D eigenvalue weighted by molar-refractivity contribution is -0.129. The van der Waals surface area contributed by atoms with Crippen molar-refractivity contribution in [1.29, 1.82) is 10.5 Å². The van der Waals surface area contributed by atoms with E-state index in [1.807, 2.05) is 26.0 Å². The summed E-state index contributed by atoms with van der Waals surface area (Å²) in [6.45, 7) is 3.77. The molecule has 120 valence electrons. The Morgan fingerprint density at radius 2 is 1.67 bits per heavy atom. The Morgan fingerprint density at radius 3 is 2.17 bits per heavy atom. The Morgan fingerprint density at radius 1 is 1.08 bits per heavy atom. The second-order valence-corrected chi connectivity index (χ2v) is 7.12. The quantitative estimate of drug-likeness (QED) is 0.736. The molecule has 3 fully saturated rings. The first kappa shape index (κ1) is 14.9. The highest BCUT2D eigenvalue weighted by atomic mass is 16.5. The molecule has 4 rings (SSSR count). The molecule has 4 atom stereocenters. The number of fused-ring (bicyclic) bond motifs is 5. The molecule has 1 aromatic carbocycles. The van der Waals surface area contributed by atoms with Gasteiger partial charge in [0.05, 0.1) is 39.9 Å². The third-order valence-corrected chi connectivity index (χ3v) is 5.72. The van der Waals surface area contributed by atoms with Crippen LogP contribution in [-0.2, 0) is 14.3 Å². The van der Waals surface area contributed by atoms with Crippen LogP contribution in [0.1, 0.15) is 37.8 Å². The third kappa shape index (κ3) is 1.56. The molecule has 2 bridgehead atoms. The van der Waals surface area contributed by atoms with E-state index in [9.17, 15) is 20.1 Å². The third-order valence-electron chi connectivity index (χ3n) is 5.72. The Kier molecular flexibility index (Phi) is 2.75. The van der Waals surface area contributed by atoms with E-state index in [0.29, 0.717) is 0 Å². The maximum absolute atomic E-state index is 13.0. The fourth-order valence-electron chi connectivity index (χ4n) is 4.64. The molecular formula is C18H15N3O3. The molecule has 2 amide bonds. The predicted molar refractivity (Wildman–Crippen MR) is 82.5 cm³/mol. The van der Waals surface area contributed by atoms with Crippen molar-refractivity contribution in [3.63, 3.8) is 0 Å². The highest BCUT2D eigenvalue weighted by Gasteiger charge is 2.72. The van der Waals surface area contributed by atoms with Crippen molar-refractivity contribution < 1.29 is 14.3 Å². The molecular weight excluding hydrogens is 306 g/mol. The van der Waals surface area contributed by atoms with Gasteiger partial charge in [0.1, 0.15) is 12.1 Å². The van der Waals surface area contributed by atoms with Gasteiger partial charge < -0.3 is 4.74 Å². The topological polar surface area (TPSA) is 94.2 Å². The number of amides is 2. The van der Waals surface area contributed by atoms with Gasteiger partial charge >= 0.3 is 0 Å². The van der Waals surface area contributed by atoms with E-state index in [0.717, 1.165) is 17.7 Å². The zero-order valence-electron chi connectivity index (χ0n) is 13.4. The van der Waals surface area contributed by atoms with Crippen molar-refractivity contribution in [3.8, 4) is 12.1 Å². The summed E-state index contributed by atoms with van der Waals surface area (Å²) in [6.07, 6.45) is 1.47. The molecule has 24 heavy (non-hydrogen) atoms. The van der Waals surface area contributed by atoms with Crippen LogP contribution in [0.3, 0.4) is 0 Å². The van der Waals surface area contributed by atoms with Crippen molar-refractivity contribution in [3.05, 3.63) is 29.3 Å². The van der Waals surface area contributed by atoms with Crippen LogP contribution >= 0.6 is 0 Å². The first-order valence-corrected chi connectivity index (χ1v) is 7.87. The zero-order chi connectivity index (χ0) is 17.3. The van der Waals surface area contributed by atoms with E-state index in [1.165, 1.54) is 6.07 Å². The minimum absolute atomic E-state index is 0.0604. The lowest BCUT2D eigenvalue weighted by Crippen LogP contribution is -2.40. The van der Waals surface area contributed by atoms with Gasteiger partial charge in [-0.1, -0.05) is 6.07 Å². The summed E-state index contributed by atoms with van der Waals surface area (Å²) >= 11 is 0. The van der Waals surface area contributed by atoms with Crippen molar-refractivity contribution >= 4 is 17.5 Å². The number of carbonyl (C=O) groups excluding carboxylic acids is 2. The van der Waals surface area contributed by atoms with Crippen LogP contribution in [-0.4, -0.2) is 23.0 Å². The van der Waals surface area contributed by atoms with Gasteiger partial charge in [-0.2, -0.15) is 10.5 Å². The lowest BCUT2D eigenvalue weighted by atomic mass is 9.69. The van der Waals surface area contributed by atoms with Crippen LogP contribution in [0.25, 0.3) is 0 Å². The molecule has 0 saturated carbocycles. The summed E-state index contributed by atoms with van der Waals surface area (Å²) in [6, 6.07) is 8.52. The Hall–Kier alpha value is -2.70. The molecule has 0 spiro atoms. The molecule has 3 heterocycles. The molecule has 0 N–H and O–H groups in total. The Balaban J connectivity index is 1.87. The summed E-state index contributed by atoms with van der Waals surface area (Å²) in [4.78, 5) is 27.2. The van der Waals surface area contributed by atoms with Gasteiger partial charge in [-0.05, 0) is 38.8 Å². The second-order valence-electron chi connectivity index (χ2n) is 7.12. The number of carbonyl (C=O) groups is 2. The van der Waals surface area contributed by atoms with Gasteiger partial charge in [0, 0.05) is 0 Å². The second kappa shape index (κ2) is 4.43. The highest BCUT2D eigenvalue weighted by Crippen LogP contribution is 2.61. The number of benzene rings is 1. The predicted octanol–water partition coefficient (Wildman–Crippen LogP) is 1.88. The van der Waals surface area contributed by atoms with Crippen molar-refractivity contribution in [1.82, 2.24) is 0 Å². The smallest absolute Gasteiger partial charge is 0.240 e. The van der Waals surface area contributed by atoms with Crippen LogP contribution in [0.2, 0.25) is 0 Å². The van der Waals surface area contributed by atoms with Crippen LogP contribution in [0.5, 0.6) is 0 Å². The number of ether oxygens (including phenoxy) is 1. The van der Waals surface area contributed by atoms with Crippen LogP contribution in [0, 0.1) is 34.5 Å². The number of anilines is 1. The minimum atomic E-state index is -0.638. The molecule has 3 aliphatic rings. The van der Waals surface area contributed by atoms with E-state index in [4.69, 9.17) is 4.74 Å². The number of rotatable bonds is 1. The van der Waals surface area contributed by atoms with Crippen molar-refractivity contribution in [2.45, 2.75) is 37.9 Å². The SMILES string of the molecule is CC12CCC(C)(O1)C1C(=O)N(c3cccc(C#N)c3C#N)C(=O)C12.